The van der Waals surface area contributed by atoms with E-state index in [1.807, 2.05) is 42.7 Å². The Morgan fingerprint density at radius 3 is 2.25 bits per heavy atom. The number of esters is 1. The van der Waals surface area contributed by atoms with Crippen molar-refractivity contribution in [3.8, 4) is 11.4 Å². The number of methoxy groups -OCH3 is 1. The van der Waals surface area contributed by atoms with Crippen LogP contribution >= 0.6 is 0 Å². The molecule has 5 nitrogen and oxygen atoms in total. The molecule has 0 spiro atoms. The van der Waals surface area contributed by atoms with Crippen LogP contribution in [0.3, 0.4) is 0 Å². The molecule has 0 aliphatic carbocycles. The first kappa shape index (κ1) is 19.4. The van der Waals surface area contributed by atoms with Crippen LogP contribution in [0.5, 0.6) is 5.75 Å². The van der Waals surface area contributed by atoms with Crippen molar-refractivity contribution >= 4 is 11.8 Å². The number of halogens is 1. The van der Waals surface area contributed by atoms with Crippen LogP contribution in [-0.2, 0) is 4.74 Å². The van der Waals surface area contributed by atoms with E-state index in [1.165, 1.54) is 24.3 Å². The van der Waals surface area contributed by atoms with Crippen LogP contribution in [0.25, 0.3) is 5.69 Å². The normalized spacial score (nSPS) is 10.6. The molecule has 0 radical (unpaired) electrons. The third-order valence-corrected chi connectivity index (χ3v) is 4.48. The van der Waals surface area contributed by atoms with Crippen LogP contribution in [0.15, 0.2) is 54.6 Å². The number of hydrogen-bond donors (Lipinski definition) is 0. The van der Waals surface area contributed by atoms with Gasteiger partial charge in [0, 0.05) is 22.6 Å². The summed E-state index contributed by atoms with van der Waals surface area (Å²) in [6.07, 6.45) is 0. The monoisotopic (exact) mass is 381 g/mol. The van der Waals surface area contributed by atoms with Gasteiger partial charge in [0.15, 0.2) is 6.61 Å². The van der Waals surface area contributed by atoms with Gasteiger partial charge in [0.2, 0.25) is 5.78 Å². The standard InChI is InChI=1S/C22H20FNO4/c1-14-12-20(15(2)24(14)18-8-10-19(27-3)11-9-18)21(25)13-28-22(26)16-4-6-17(23)7-5-16/h4-12H,13H2,1-3H3. The van der Waals surface area contributed by atoms with E-state index in [-0.39, 0.29) is 18.0 Å². The van der Waals surface area contributed by atoms with E-state index in [0.29, 0.717) is 5.56 Å². The van der Waals surface area contributed by atoms with Gasteiger partial charge >= 0.3 is 5.97 Å². The third kappa shape index (κ3) is 3.96. The van der Waals surface area contributed by atoms with Crippen molar-refractivity contribution in [3.05, 3.63) is 82.9 Å². The number of ketones is 1. The van der Waals surface area contributed by atoms with Gasteiger partial charge in [-0.25, -0.2) is 9.18 Å². The number of Topliss-reactive ketones (excluding diaryl/α,β-unsaturated/α-hetero) is 1. The second-order valence-corrected chi connectivity index (χ2v) is 6.32. The van der Waals surface area contributed by atoms with Gasteiger partial charge in [-0.15, -0.1) is 0 Å². The molecule has 28 heavy (non-hydrogen) atoms. The maximum atomic E-state index is 12.9. The molecule has 0 N–H and O–H groups in total. The van der Waals surface area contributed by atoms with E-state index < -0.39 is 11.8 Å². The summed E-state index contributed by atoms with van der Waals surface area (Å²) in [5.41, 5.74) is 3.22. The van der Waals surface area contributed by atoms with E-state index in [9.17, 15) is 14.0 Å². The zero-order valence-corrected chi connectivity index (χ0v) is 15.9. The molecule has 0 aliphatic heterocycles. The fourth-order valence-corrected chi connectivity index (χ4v) is 3.05. The van der Waals surface area contributed by atoms with E-state index >= 15 is 0 Å². The molecule has 6 heteroatoms. The second-order valence-electron chi connectivity index (χ2n) is 6.32. The number of nitrogens with zero attached hydrogens (tertiary/aromatic N) is 1. The number of carbonyl (C=O) groups is 2. The van der Waals surface area contributed by atoms with E-state index in [2.05, 4.69) is 0 Å². The van der Waals surface area contributed by atoms with Crippen molar-refractivity contribution in [1.82, 2.24) is 4.57 Å². The molecule has 0 fully saturated rings. The zero-order valence-electron chi connectivity index (χ0n) is 15.9. The Balaban J connectivity index is 1.75. The Kier molecular flexibility index (Phi) is 5.59. The maximum Gasteiger partial charge on any atom is 0.338 e. The quantitative estimate of drug-likeness (QED) is 0.472. The lowest BCUT2D eigenvalue weighted by Crippen LogP contribution is -2.15. The summed E-state index contributed by atoms with van der Waals surface area (Å²) in [5, 5.41) is 0. The molecule has 3 aromatic rings. The molecule has 0 saturated heterocycles. The minimum Gasteiger partial charge on any atom is -0.497 e. The first-order chi connectivity index (χ1) is 13.4. The minimum atomic E-state index is -0.669. The van der Waals surface area contributed by atoms with Crippen LogP contribution < -0.4 is 4.74 Å². The number of ether oxygens (including phenoxy) is 2. The van der Waals surface area contributed by atoms with Gasteiger partial charge in [0.1, 0.15) is 11.6 Å². The van der Waals surface area contributed by atoms with E-state index in [4.69, 9.17) is 9.47 Å². The summed E-state index contributed by atoms with van der Waals surface area (Å²) in [6.45, 7) is 3.36. The summed E-state index contributed by atoms with van der Waals surface area (Å²) >= 11 is 0. The highest BCUT2D eigenvalue weighted by atomic mass is 19.1. The van der Waals surface area contributed by atoms with E-state index in [1.54, 1.807) is 13.2 Å². The molecule has 2 aromatic carbocycles. The van der Waals surface area contributed by atoms with Crippen LogP contribution in [0.4, 0.5) is 4.39 Å². The minimum absolute atomic E-state index is 0.193. The van der Waals surface area contributed by atoms with Crippen LogP contribution in [0.2, 0.25) is 0 Å². The summed E-state index contributed by atoms with van der Waals surface area (Å²) < 4.78 is 25.2. The summed E-state index contributed by atoms with van der Waals surface area (Å²) in [7, 11) is 1.60. The van der Waals surface area contributed by atoms with Gasteiger partial charge in [-0.05, 0) is 68.4 Å². The van der Waals surface area contributed by atoms with Gasteiger partial charge in [-0.2, -0.15) is 0 Å². The van der Waals surface area contributed by atoms with E-state index in [0.717, 1.165) is 22.8 Å². The Morgan fingerprint density at radius 2 is 1.64 bits per heavy atom. The molecule has 3 rings (SSSR count). The molecule has 0 saturated carbocycles. The lowest BCUT2D eigenvalue weighted by molar-refractivity contribution is 0.0474. The fraction of sp³-hybridized carbons (Fsp3) is 0.182. The van der Waals surface area contributed by atoms with Crippen molar-refractivity contribution in [1.29, 1.82) is 0 Å². The number of aromatic nitrogens is 1. The lowest BCUT2D eigenvalue weighted by atomic mass is 10.1. The molecule has 0 atom stereocenters. The van der Waals surface area contributed by atoms with Gasteiger partial charge in [0.05, 0.1) is 12.7 Å². The average molecular weight is 381 g/mol. The first-order valence-electron chi connectivity index (χ1n) is 8.70. The van der Waals surface area contributed by atoms with Crippen LogP contribution in [0, 0.1) is 19.7 Å². The molecule has 0 amide bonds. The molecular weight excluding hydrogens is 361 g/mol. The van der Waals surface area contributed by atoms with Crippen molar-refractivity contribution in [2.45, 2.75) is 13.8 Å². The zero-order chi connectivity index (χ0) is 20.3. The van der Waals surface area contributed by atoms with Crippen molar-refractivity contribution in [3.63, 3.8) is 0 Å². The largest absolute Gasteiger partial charge is 0.497 e. The topological polar surface area (TPSA) is 57.5 Å². The molecule has 0 bridgehead atoms. The SMILES string of the molecule is COc1ccc(-n2c(C)cc(C(=O)COC(=O)c3ccc(F)cc3)c2C)cc1. The Bertz CT molecular complexity index is 1000. The number of carbonyl (C=O) groups excluding carboxylic acids is 2. The van der Waals surface area contributed by atoms with Crippen LogP contribution in [0.1, 0.15) is 32.1 Å². The molecular formula is C22H20FNO4. The third-order valence-electron chi connectivity index (χ3n) is 4.48. The van der Waals surface area contributed by atoms with Gasteiger partial charge in [-0.3, -0.25) is 4.79 Å². The lowest BCUT2D eigenvalue weighted by Gasteiger charge is -2.11. The average Bonchev–Trinajstić information content (AvgIpc) is 3.00. The molecule has 1 heterocycles. The smallest absolute Gasteiger partial charge is 0.338 e. The van der Waals surface area contributed by atoms with Crippen molar-refractivity contribution < 1.29 is 23.5 Å². The van der Waals surface area contributed by atoms with Gasteiger partial charge in [0.25, 0.3) is 0 Å². The first-order valence-corrected chi connectivity index (χ1v) is 8.70. The van der Waals surface area contributed by atoms with Gasteiger partial charge < -0.3 is 14.0 Å². The number of benzene rings is 2. The van der Waals surface area contributed by atoms with Crippen LogP contribution in [-0.4, -0.2) is 30.0 Å². The van der Waals surface area contributed by atoms with Crippen molar-refractivity contribution in [2.24, 2.45) is 0 Å². The maximum absolute atomic E-state index is 12.9. The summed E-state index contributed by atoms with van der Waals surface area (Å²) in [6, 6.07) is 14.2. The Hall–Kier alpha value is -3.41. The molecule has 1 aromatic heterocycles. The Labute approximate surface area is 162 Å². The highest BCUT2D eigenvalue weighted by Gasteiger charge is 2.18. The second kappa shape index (κ2) is 8.08. The number of hydrogen-bond acceptors (Lipinski definition) is 4. The predicted octanol–water partition coefficient (Wildman–Crippen LogP) is 4.28. The summed E-state index contributed by atoms with van der Waals surface area (Å²) in [4.78, 5) is 24.6. The molecule has 144 valence electrons. The van der Waals surface area contributed by atoms with Gasteiger partial charge in [-0.1, -0.05) is 0 Å². The number of aryl methyl sites for hydroxylation is 1. The van der Waals surface area contributed by atoms with Crippen molar-refractivity contribution in [2.75, 3.05) is 13.7 Å². The highest BCUT2D eigenvalue weighted by Crippen LogP contribution is 2.23. The Morgan fingerprint density at radius 1 is 1.00 bits per heavy atom. The fourth-order valence-electron chi connectivity index (χ4n) is 3.05. The molecule has 0 aliphatic rings. The predicted molar refractivity (Wildman–Crippen MR) is 103 cm³/mol. The number of rotatable bonds is 6. The summed E-state index contributed by atoms with van der Waals surface area (Å²) in [5.74, 6) is -0.672. The molecule has 0 unspecified atom stereocenters. The highest BCUT2D eigenvalue weighted by molar-refractivity contribution is 6.00.